The zero-order chi connectivity index (χ0) is 10.8. The first kappa shape index (κ1) is 10.4. The Bertz CT molecular complexity index is 274. The van der Waals surface area contributed by atoms with Crippen molar-refractivity contribution in [1.82, 2.24) is 15.5 Å². The molecule has 1 unspecified atom stereocenters. The van der Waals surface area contributed by atoms with Gasteiger partial charge in [0.25, 0.3) is 0 Å². The lowest BCUT2D eigenvalue weighted by Crippen LogP contribution is -2.47. The third-order valence-corrected chi connectivity index (χ3v) is 3.22. The molecule has 2 fully saturated rings. The average Bonchev–Trinajstić information content (AvgIpc) is 2.85. The smallest absolute Gasteiger partial charge is 0.245 e. The van der Waals surface area contributed by atoms with Gasteiger partial charge in [0.1, 0.15) is 6.04 Å². The first-order valence-electron chi connectivity index (χ1n) is 5.45. The van der Waals surface area contributed by atoms with Crippen LogP contribution in [0.4, 0.5) is 0 Å². The molecule has 2 atom stereocenters. The van der Waals surface area contributed by atoms with Crippen molar-refractivity contribution >= 4 is 11.8 Å². The SMILES string of the molecule is CN(C(=O)[C@H]1CCC(=O)N1)C1CCNC1. The predicted octanol–water partition coefficient (Wildman–Crippen LogP) is -0.915. The minimum Gasteiger partial charge on any atom is -0.344 e. The molecule has 0 radical (unpaired) electrons. The maximum absolute atomic E-state index is 12.0. The Balaban J connectivity index is 1.91. The Morgan fingerprint density at radius 2 is 2.27 bits per heavy atom. The number of hydrogen-bond acceptors (Lipinski definition) is 3. The number of hydrogen-bond donors (Lipinski definition) is 2. The molecule has 0 spiro atoms. The van der Waals surface area contributed by atoms with E-state index in [1.807, 2.05) is 7.05 Å². The van der Waals surface area contributed by atoms with E-state index in [1.165, 1.54) is 0 Å². The van der Waals surface area contributed by atoms with Gasteiger partial charge in [-0.15, -0.1) is 0 Å². The summed E-state index contributed by atoms with van der Waals surface area (Å²) in [6.45, 7) is 1.84. The first-order valence-corrected chi connectivity index (χ1v) is 5.45. The van der Waals surface area contributed by atoms with E-state index in [2.05, 4.69) is 10.6 Å². The van der Waals surface area contributed by atoms with Gasteiger partial charge in [0.2, 0.25) is 11.8 Å². The van der Waals surface area contributed by atoms with Gasteiger partial charge in [0, 0.05) is 26.1 Å². The Hall–Kier alpha value is -1.10. The summed E-state index contributed by atoms with van der Waals surface area (Å²) in [6, 6.07) is -0.00176. The van der Waals surface area contributed by atoms with Crippen molar-refractivity contribution in [2.45, 2.75) is 31.3 Å². The minimum absolute atomic E-state index is 0.00806. The molecule has 2 rings (SSSR count). The molecule has 0 aliphatic carbocycles. The lowest BCUT2D eigenvalue weighted by molar-refractivity contribution is -0.134. The maximum Gasteiger partial charge on any atom is 0.245 e. The van der Waals surface area contributed by atoms with Crippen molar-refractivity contribution in [2.24, 2.45) is 0 Å². The topological polar surface area (TPSA) is 61.4 Å². The summed E-state index contributed by atoms with van der Waals surface area (Å²) < 4.78 is 0. The van der Waals surface area contributed by atoms with Gasteiger partial charge in [-0.3, -0.25) is 9.59 Å². The van der Waals surface area contributed by atoms with Gasteiger partial charge in [-0.1, -0.05) is 0 Å². The van der Waals surface area contributed by atoms with Crippen LogP contribution in [0.3, 0.4) is 0 Å². The van der Waals surface area contributed by atoms with Crippen LogP contribution in [0.1, 0.15) is 19.3 Å². The fourth-order valence-electron chi connectivity index (χ4n) is 2.20. The molecule has 2 N–H and O–H groups in total. The van der Waals surface area contributed by atoms with E-state index < -0.39 is 0 Å². The second kappa shape index (κ2) is 4.18. The Kier molecular flexibility index (Phi) is 2.90. The van der Waals surface area contributed by atoms with E-state index >= 15 is 0 Å². The van der Waals surface area contributed by atoms with Crippen molar-refractivity contribution < 1.29 is 9.59 Å². The highest BCUT2D eigenvalue weighted by Crippen LogP contribution is 2.13. The molecule has 0 saturated carbocycles. The predicted molar refractivity (Wildman–Crippen MR) is 55.2 cm³/mol. The molecule has 5 nitrogen and oxygen atoms in total. The molecule has 2 aliphatic heterocycles. The molecule has 2 amide bonds. The Morgan fingerprint density at radius 3 is 2.80 bits per heavy atom. The molecule has 0 aromatic heterocycles. The minimum atomic E-state index is -0.289. The second-order valence-electron chi connectivity index (χ2n) is 4.25. The van der Waals surface area contributed by atoms with Crippen LogP contribution >= 0.6 is 0 Å². The van der Waals surface area contributed by atoms with Crippen molar-refractivity contribution in [3.63, 3.8) is 0 Å². The van der Waals surface area contributed by atoms with Crippen molar-refractivity contribution in [1.29, 1.82) is 0 Å². The van der Waals surface area contributed by atoms with Crippen LogP contribution < -0.4 is 10.6 Å². The van der Waals surface area contributed by atoms with E-state index in [1.54, 1.807) is 4.90 Å². The zero-order valence-corrected chi connectivity index (χ0v) is 8.95. The van der Waals surface area contributed by atoms with Crippen LogP contribution in [-0.4, -0.2) is 48.9 Å². The summed E-state index contributed by atoms with van der Waals surface area (Å²) in [5, 5.41) is 5.93. The van der Waals surface area contributed by atoms with Crippen LogP contribution in [0.2, 0.25) is 0 Å². The Labute approximate surface area is 89.2 Å². The number of nitrogens with one attached hydrogen (secondary N) is 2. The number of rotatable bonds is 2. The second-order valence-corrected chi connectivity index (χ2v) is 4.25. The van der Waals surface area contributed by atoms with Gasteiger partial charge in [-0.2, -0.15) is 0 Å². The number of nitrogens with zero attached hydrogens (tertiary/aromatic N) is 1. The summed E-state index contributed by atoms with van der Waals surface area (Å²) in [5.41, 5.74) is 0. The largest absolute Gasteiger partial charge is 0.344 e. The van der Waals surface area contributed by atoms with E-state index in [0.717, 1.165) is 19.5 Å². The number of carbonyl (C=O) groups is 2. The van der Waals surface area contributed by atoms with Gasteiger partial charge in [-0.05, 0) is 19.4 Å². The molecule has 84 valence electrons. The average molecular weight is 211 g/mol. The highest BCUT2D eigenvalue weighted by molar-refractivity contribution is 5.90. The van der Waals surface area contributed by atoms with Gasteiger partial charge in [0.15, 0.2) is 0 Å². The van der Waals surface area contributed by atoms with Crippen LogP contribution in [0.5, 0.6) is 0 Å². The molecular formula is C10H17N3O2. The summed E-state index contributed by atoms with van der Waals surface area (Å²) in [7, 11) is 1.82. The summed E-state index contributed by atoms with van der Waals surface area (Å²) in [6.07, 6.45) is 2.12. The number of carbonyl (C=O) groups excluding carboxylic acids is 2. The van der Waals surface area contributed by atoms with E-state index in [-0.39, 0.29) is 23.9 Å². The third kappa shape index (κ3) is 2.12. The quantitative estimate of drug-likeness (QED) is 0.621. The standard InChI is InChI=1S/C10H17N3O2/c1-13(7-4-5-11-6-7)10(15)8-2-3-9(14)12-8/h7-8,11H,2-6H2,1H3,(H,12,14)/t7?,8-/m1/s1. The highest BCUT2D eigenvalue weighted by atomic mass is 16.2. The van der Waals surface area contributed by atoms with Gasteiger partial charge in [-0.25, -0.2) is 0 Å². The van der Waals surface area contributed by atoms with Gasteiger partial charge < -0.3 is 15.5 Å². The van der Waals surface area contributed by atoms with Crippen LogP contribution in [0.15, 0.2) is 0 Å². The van der Waals surface area contributed by atoms with E-state index in [0.29, 0.717) is 12.8 Å². The maximum atomic E-state index is 12.0. The van der Waals surface area contributed by atoms with Gasteiger partial charge >= 0.3 is 0 Å². The highest BCUT2D eigenvalue weighted by Gasteiger charge is 2.32. The molecule has 0 aromatic carbocycles. The lowest BCUT2D eigenvalue weighted by Gasteiger charge is -2.26. The third-order valence-electron chi connectivity index (χ3n) is 3.22. The molecule has 2 heterocycles. The molecule has 2 aliphatic rings. The monoisotopic (exact) mass is 211 g/mol. The van der Waals surface area contributed by atoms with Crippen molar-refractivity contribution in [2.75, 3.05) is 20.1 Å². The fourth-order valence-corrected chi connectivity index (χ4v) is 2.20. The van der Waals surface area contributed by atoms with E-state index in [9.17, 15) is 9.59 Å². The summed E-state index contributed by atoms with van der Waals surface area (Å²) >= 11 is 0. The number of amides is 2. The van der Waals surface area contributed by atoms with Gasteiger partial charge in [0.05, 0.1) is 0 Å². The van der Waals surface area contributed by atoms with E-state index in [4.69, 9.17) is 0 Å². The molecule has 15 heavy (non-hydrogen) atoms. The Morgan fingerprint density at radius 1 is 1.47 bits per heavy atom. The molecule has 2 saturated heterocycles. The van der Waals surface area contributed by atoms with Crippen molar-refractivity contribution in [3.05, 3.63) is 0 Å². The molecule has 0 bridgehead atoms. The molecule has 0 aromatic rings. The first-order chi connectivity index (χ1) is 7.18. The lowest BCUT2D eigenvalue weighted by atomic mass is 10.1. The molecule has 5 heteroatoms. The van der Waals surface area contributed by atoms with Crippen molar-refractivity contribution in [3.8, 4) is 0 Å². The zero-order valence-electron chi connectivity index (χ0n) is 8.95. The number of likely N-dealkylation sites (N-methyl/N-ethyl adjacent to an activating group) is 1. The molecular weight excluding hydrogens is 194 g/mol. The summed E-state index contributed by atoms with van der Waals surface area (Å²) in [4.78, 5) is 24.7. The normalized spacial score (nSPS) is 30.3. The summed E-state index contributed by atoms with van der Waals surface area (Å²) in [5.74, 6) is 0.0425. The van der Waals surface area contributed by atoms with Crippen LogP contribution in [-0.2, 0) is 9.59 Å². The van der Waals surface area contributed by atoms with Crippen LogP contribution in [0, 0.1) is 0 Å². The van der Waals surface area contributed by atoms with Crippen LogP contribution in [0.25, 0.3) is 0 Å². The fraction of sp³-hybridized carbons (Fsp3) is 0.800.